The molecule has 0 fully saturated rings. The van der Waals surface area contributed by atoms with Gasteiger partial charge in [-0.3, -0.25) is 0 Å². The lowest BCUT2D eigenvalue weighted by atomic mass is 10.00. The van der Waals surface area contributed by atoms with Gasteiger partial charge in [0.05, 0.1) is 6.61 Å². The van der Waals surface area contributed by atoms with E-state index in [1.165, 1.54) is 22.3 Å². The summed E-state index contributed by atoms with van der Waals surface area (Å²) >= 11 is 0. The zero-order chi connectivity index (χ0) is 10.7. The van der Waals surface area contributed by atoms with Crippen molar-refractivity contribution in [3.63, 3.8) is 0 Å². The Morgan fingerprint density at radius 2 is 1.64 bits per heavy atom. The van der Waals surface area contributed by atoms with Crippen molar-refractivity contribution in [1.82, 2.24) is 0 Å². The number of hydrogen-bond acceptors (Lipinski definition) is 1. The van der Waals surface area contributed by atoms with Crippen LogP contribution in [-0.2, 0) is 0 Å². The minimum Gasteiger partial charge on any atom is -0.493 e. The molecule has 1 aromatic carbocycles. The summed E-state index contributed by atoms with van der Waals surface area (Å²) in [6, 6.07) is 2.20. The van der Waals surface area contributed by atoms with E-state index in [9.17, 15) is 0 Å². The van der Waals surface area contributed by atoms with Crippen LogP contribution >= 0.6 is 0 Å². The van der Waals surface area contributed by atoms with E-state index in [4.69, 9.17) is 4.74 Å². The van der Waals surface area contributed by atoms with E-state index < -0.39 is 0 Å². The van der Waals surface area contributed by atoms with E-state index >= 15 is 0 Å². The average Bonchev–Trinajstić information content (AvgIpc) is 2.14. The van der Waals surface area contributed by atoms with Gasteiger partial charge in [0.25, 0.3) is 0 Å². The van der Waals surface area contributed by atoms with E-state index in [1.807, 2.05) is 0 Å². The normalized spacial score (nSPS) is 10.4. The number of aryl methyl sites for hydroxylation is 2. The van der Waals surface area contributed by atoms with Gasteiger partial charge in [-0.15, -0.1) is 0 Å². The van der Waals surface area contributed by atoms with Gasteiger partial charge in [0.1, 0.15) is 5.75 Å². The second-order valence-electron chi connectivity index (χ2n) is 3.94. The quantitative estimate of drug-likeness (QED) is 0.709. The van der Waals surface area contributed by atoms with Crippen molar-refractivity contribution in [2.45, 2.75) is 41.0 Å². The van der Waals surface area contributed by atoms with Gasteiger partial charge in [0.2, 0.25) is 0 Å². The minimum absolute atomic E-state index is 0.810. The van der Waals surface area contributed by atoms with E-state index in [0.717, 1.165) is 18.8 Å². The molecule has 0 saturated heterocycles. The van der Waals surface area contributed by atoms with Crippen LogP contribution in [0, 0.1) is 27.7 Å². The molecule has 0 aromatic heterocycles. The fourth-order valence-electron chi connectivity index (χ4n) is 1.69. The standard InChI is InChI=1S/C13H20O/c1-6-7-14-13-10(3)8-9(2)11(4)12(13)5/h8H,6-7H2,1-5H3. The Morgan fingerprint density at radius 1 is 1.00 bits per heavy atom. The zero-order valence-electron chi connectivity index (χ0n) is 9.90. The first-order valence-electron chi connectivity index (χ1n) is 5.28. The first-order valence-corrected chi connectivity index (χ1v) is 5.28. The highest BCUT2D eigenvalue weighted by Crippen LogP contribution is 2.28. The molecule has 0 aliphatic carbocycles. The van der Waals surface area contributed by atoms with Crippen LogP contribution in [0.1, 0.15) is 35.6 Å². The van der Waals surface area contributed by atoms with Crippen LogP contribution in [-0.4, -0.2) is 6.61 Å². The van der Waals surface area contributed by atoms with Crippen LogP contribution in [0.15, 0.2) is 6.07 Å². The fourth-order valence-corrected chi connectivity index (χ4v) is 1.69. The van der Waals surface area contributed by atoms with E-state index in [1.54, 1.807) is 0 Å². The van der Waals surface area contributed by atoms with Crippen LogP contribution in [0.2, 0.25) is 0 Å². The van der Waals surface area contributed by atoms with Crippen molar-refractivity contribution in [1.29, 1.82) is 0 Å². The summed E-state index contributed by atoms with van der Waals surface area (Å²) in [6.07, 6.45) is 1.06. The molecule has 0 aliphatic rings. The lowest BCUT2D eigenvalue weighted by molar-refractivity contribution is 0.313. The fraction of sp³-hybridized carbons (Fsp3) is 0.538. The predicted molar refractivity (Wildman–Crippen MR) is 61.2 cm³/mol. The average molecular weight is 192 g/mol. The Labute approximate surface area is 87.1 Å². The highest BCUT2D eigenvalue weighted by Gasteiger charge is 2.08. The third-order valence-electron chi connectivity index (χ3n) is 2.74. The topological polar surface area (TPSA) is 9.23 Å². The molecular weight excluding hydrogens is 172 g/mol. The molecule has 0 aliphatic heterocycles. The second kappa shape index (κ2) is 4.50. The Hall–Kier alpha value is -0.980. The molecule has 0 radical (unpaired) electrons. The predicted octanol–water partition coefficient (Wildman–Crippen LogP) is 3.71. The van der Waals surface area contributed by atoms with Crippen molar-refractivity contribution in [3.8, 4) is 5.75 Å². The maximum absolute atomic E-state index is 5.75. The molecule has 1 nitrogen and oxygen atoms in total. The SMILES string of the molecule is CCCOc1c(C)cc(C)c(C)c1C. The molecule has 0 atom stereocenters. The van der Waals surface area contributed by atoms with Gasteiger partial charge in [-0.25, -0.2) is 0 Å². The maximum atomic E-state index is 5.75. The first kappa shape index (κ1) is 11.1. The van der Waals surface area contributed by atoms with Crippen molar-refractivity contribution >= 4 is 0 Å². The van der Waals surface area contributed by atoms with Gasteiger partial charge in [-0.1, -0.05) is 13.0 Å². The zero-order valence-corrected chi connectivity index (χ0v) is 9.90. The van der Waals surface area contributed by atoms with Gasteiger partial charge in [0.15, 0.2) is 0 Å². The van der Waals surface area contributed by atoms with Gasteiger partial charge in [0, 0.05) is 0 Å². The molecule has 0 heterocycles. The lowest BCUT2D eigenvalue weighted by Gasteiger charge is -2.15. The minimum atomic E-state index is 0.810. The molecule has 0 amide bonds. The smallest absolute Gasteiger partial charge is 0.125 e. The van der Waals surface area contributed by atoms with Crippen LogP contribution < -0.4 is 4.74 Å². The molecule has 78 valence electrons. The summed E-state index contributed by atoms with van der Waals surface area (Å²) in [5, 5.41) is 0. The van der Waals surface area contributed by atoms with E-state index in [2.05, 4.69) is 40.7 Å². The summed E-state index contributed by atoms with van der Waals surface area (Å²) in [5.74, 6) is 1.08. The number of hydrogen-bond donors (Lipinski definition) is 0. The van der Waals surface area contributed by atoms with E-state index in [0.29, 0.717) is 0 Å². The molecule has 0 spiro atoms. The Kier molecular flexibility index (Phi) is 3.56. The monoisotopic (exact) mass is 192 g/mol. The maximum Gasteiger partial charge on any atom is 0.125 e. The number of rotatable bonds is 3. The van der Waals surface area contributed by atoms with Crippen LogP contribution in [0.25, 0.3) is 0 Å². The van der Waals surface area contributed by atoms with Gasteiger partial charge < -0.3 is 4.74 Å². The highest BCUT2D eigenvalue weighted by atomic mass is 16.5. The third-order valence-corrected chi connectivity index (χ3v) is 2.74. The summed E-state index contributed by atoms with van der Waals surface area (Å²) in [4.78, 5) is 0. The molecule has 1 rings (SSSR count). The Balaban J connectivity index is 3.09. The summed E-state index contributed by atoms with van der Waals surface area (Å²) in [7, 11) is 0. The summed E-state index contributed by atoms with van der Waals surface area (Å²) in [6.45, 7) is 11.5. The van der Waals surface area contributed by atoms with Crippen LogP contribution in [0.4, 0.5) is 0 Å². The Morgan fingerprint density at radius 3 is 2.21 bits per heavy atom. The van der Waals surface area contributed by atoms with Crippen molar-refractivity contribution in [2.24, 2.45) is 0 Å². The molecule has 0 N–H and O–H groups in total. The third kappa shape index (κ3) is 2.09. The first-order chi connectivity index (χ1) is 6.57. The molecule has 0 unspecified atom stereocenters. The van der Waals surface area contributed by atoms with Crippen LogP contribution in [0.3, 0.4) is 0 Å². The lowest BCUT2D eigenvalue weighted by Crippen LogP contribution is -2.01. The molecule has 1 aromatic rings. The number of ether oxygens (including phenoxy) is 1. The van der Waals surface area contributed by atoms with Crippen molar-refractivity contribution in [2.75, 3.05) is 6.61 Å². The molecule has 14 heavy (non-hydrogen) atoms. The van der Waals surface area contributed by atoms with Crippen LogP contribution in [0.5, 0.6) is 5.75 Å². The van der Waals surface area contributed by atoms with Crippen molar-refractivity contribution < 1.29 is 4.74 Å². The largest absolute Gasteiger partial charge is 0.493 e. The highest BCUT2D eigenvalue weighted by molar-refractivity contribution is 5.48. The second-order valence-corrected chi connectivity index (χ2v) is 3.94. The van der Waals surface area contributed by atoms with Crippen molar-refractivity contribution in [3.05, 3.63) is 28.3 Å². The van der Waals surface area contributed by atoms with Gasteiger partial charge >= 0.3 is 0 Å². The Bertz CT molecular complexity index is 326. The summed E-state index contributed by atoms with van der Waals surface area (Å²) in [5.41, 5.74) is 5.24. The van der Waals surface area contributed by atoms with Gasteiger partial charge in [-0.2, -0.15) is 0 Å². The van der Waals surface area contributed by atoms with E-state index in [-0.39, 0.29) is 0 Å². The number of benzene rings is 1. The molecule has 1 heteroatoms. The molecule has 0 saturated carbocycles. The summed E-state index contributed by atoms with van der Waals surface area (Å²) < 4.78 is 5.75. The van der Waals surface area contributed by atoms with Gasteiger partial charge in [-0.05, 0) is 56.4 Å². The molecule has 0 bridgehead atoms. The molecular formula is C13H20O.